The van der Waals surface area contributed by atoms with Crippen LogP contribution in [0.25, 0.3) is 0 Å². The minimum Gasteiger partial charge on any atom is -0.324 e. The number of hydrogen-bond donors (Lipinski definition) is 1. The van der Waals surface area contributed by atoms with Gasteiger partial charge < -0.3 is 5.73 Å². The minimum atomic E-state index is -4.22. The van der Waals surface area contributed by atoms with Gasteiger partial charge in [-0.05, 0) is 12.8 Å². The fourth-order valence-corrected chi connectivity index (χ4v) is 1.76. The SMILES string of the molecule is N[C@@H]1CCc2c1cnn2CC(F)(F)F. The van der Waals surface area contributed by atoms with E-state index in [1.165, 1.54) is 6.20 Å². The summed E-state index contributed by atoms with van der Waals surface area (Å²) < 4.78 is 37.3. The number of nitrogens with zero attached hydrogens (tertiary/aromatic N) is 2. The quantitative estimate of drug-likeness (QED) is 0.752. The summed E-state index contributed by atoms with van der Waals surface area (Å²) in [7, 11) is 0. The normalized spacial score (nSPS) is 21.3. The van der Waals surface area contributed by atoms with Gasteiger partial charge >= 0.3 is 6.18 Å². The predicted molar refractivity (Wildman–Crippen MR) is 43.5 cm³/mol. The van der Waals surface area contributed by atoms with Crippen LogP contribution in [0.2, 0.25) is 0 Å². The zero-order chi connectivity index (χ0) is 10.3. The molecule has 0 amide bonds. The Morgan fingerprint density at radius 2 is 2.29 bits per heavy atom. The minimum absolute atomic E-state index is 0.146. The van der Waals surface area contributed by atoms with Crippen LogP contribution in [-0.2, 0) is 13.0 Å². The lowest BCUT2D eigenvalue weighted by Gasteiger charge is -2.08. The van der Waals surface area contributed by atoms with Crippen molar-refractivity contribution >= 4 is 0 Å². The molecule has 1 aliphatic rings. The van der Waals surface area contributed by atoms with Crippen LogP contribution in [0.4, 0.5) is 13.2 Å². The Morgan fingerprint density at radius 3 is 2.93 bits per heavy atom. The fraction of sp³-hybridized carbons (Fsp3) is 0.625. The Labute approximate surface area is 78.7 Å². The van der Waals surface area contributed by atoms with Gasteiger partial charge in [-0.25, -0.2) is 0 Å². The Balaban J connectivity index is 2.25. The summed E-state index contributed by atoms with van der Waals surface area (Å²) in [6, 6.07) is -0.146. The first-order chi connectivity index (χ1) is 6.47. The van der Waals surface area contributed by atoms with E-state index < -0.39 is 12.7 Å². The van der Waals surface area contributed by atoms with Gasteiger partial charge in [-0.2, -0.15) is 18.3 Å². The zero-order valence-electron chi connectivity index (χ0n) is 7.38. The van der Waals surface area contributed by atoms with E-state index in [0.717, 1.165) is 10.2 Å². The predicted octanol–water partition coefficient (Wildman–Crippen LogP) is 1.39. The van der Waals surface area contributed by atoms with Crippen LogP contribution < -0.4 is 5.73 Å². The molecule has 0 aromatic carbocycles. The third-order valence-corrected chi connectivity index (χ3v) is 2.40. The van der Waals surface area contributed by atoms with Crippen LogP contribution in [0.15, 0.2) is 6.20 Å². The molecule has 2 rings (SSSR count). The molecule has 1 aromatic heterocycles. The molecule has 2 N–H and O–H groups in total. The number of nitrogens with two attached hydrogens (primary N) is 1. The van der Waals surface area contributed by atoms with E-state index in [2.05, 4.69) is 5.10 Å². The van der Waals surface area contributed by atoms with Crippen molar-refractivity contribution in [2.24, 2.45) is 5.73 Å². The zero-order valence-corrected chi connectivity index (χ0v) is 7.38. The molecule has 0 radical (unpaired) electrons. The molecule has 1 aliphatic carbocycles. The lowest BCUT2D eigenvalue weighted by atomic mass is 10.2. The highest BCUT2D eigenvalue weighted by Gasteiger charge is 2.32. The van der Waals surface area contributed by atoms with E-state index in [4.69, 9.17) is 5.73 Å². The highest BCUT2D eigenvalue weighted by molar-refractivity contribution is 5.26. The second-order valence-corrected chi connectivity index (χ2v) is 3.46. The van der Waals surface area contributed by atoms with Crippen LogP contribution in [0.1, 0.15) is 23.7 Å². The molecular formula is C8H10F3N3. The van der Waals surface area contributed by atoms with Gasteiger partial charge in [-0.15, -0.1) is 0 Å². The summed E-state index contributed by atoms with van der Waals surface area (Å²) in [6.45, 7) is -1.02. The van der Waals surface area contributed by atoms with E-state index in [1.54, 1.807) is 0 Å². The third kappa shape index (κ3) is 1.61. The molecule has 3 nitrogen and oxygen atoms in total. The van der Waals surface area contributed by atoms with E-state index >= 15 is 0 Å². The largest absolute Gasteiger partial charge is 0.408 e. The van der Waals surface area contributed by atoms with Crippen molar-refractivity contribution in [3.63, 3.8) is 0 Å². The molecule has 14 heavy (non-hydrogen) atoms. The molecule has 0 saturated carbocycles. The maximum atomic E-state index is 12.1. The number of rotatable bonds is 1. The standard InChI is InChI=1S/C8H10F3N3/c9-8(10,11)4-14-7-2-1-6(12)5(7)3-13-14/h3,6H,1-2,4,12H2/t6-/m1/s1. The average Bonchev–Trinajstić information content (AvgIpc) is 2.55. The summed E-state index contributed by atoms with van der Waals surface area (Å²) in [5, 5.41) is 3.69. The van der Waals surface area contributed by atoms with Gasteiger partial charge in [0.15, 0.2) is 0 Å². The van der Waals surface area contributed by atoms with Crippen LogP contribution in [-0.4, -0.2) is 16.0 Å². The molecule has 0 unspecified atom stereocenters. The van der Waals surface area contributed by atoms with Gasteiger partial charge in [0.25, 0.3) is 0 Å². The topological polar surface area (TPSA) is 43.8 Å². The van der Waals surface area contributed by atoms with Crippen molar-refractivity contribution in [1.29, 1.82) is 0 Å². The second kappa shape index (κ2) is 2.98. The smallest absolute Gasteiger partial charge is 0.324 e. The van der Waals surface area contributed by atoms with Crippen molar-refractivity contribution in [3.8, 4) is 0 Å². The Kier molecular flexibility index (Phi) is 2.02. The van der Waals surface area contributed by atoms with Gasteiger partial charge in [-0.1, -0.05) is 0 Å². The fourth-order valence-electron chi connectivity index (χ4n) is 1.76. The van der Waals surface area contributed by atoms with E-state index in [0.29, 0.717) is 18.5 Å². The Hall–Kier alpha value is -1.04. The van der Waals surface area contributed by atoms with E-state index in [1.807, 2.05) is 0 Å². The monoisotopic (exact) mass is 205 g/mol. The third-order valence-electron chi connectivity index (χ3n) is 2.40. The maximum Gasteiger partial charge on any atom is 0.408 e. The Morgan fingerprint density at radius 1 is 1.57 bits per heavy atom. The van der Waals surface area contributed by atoms with Gasteiger partial charge in [-0.3, -0.25) is 4.68 Å². The lowest BCUT2D eigenvalue weighted by molar-refractivity contribution is -0.143. The van der Waals surface area contributed by atoms with Gasteiger partial charge in [0, 0.05) is 17.3 Å². The Bertz CT molecular complexity index is 342. The number of hydrogen-bond acceptors (Lipinski definition) is 2. The van der Waals surface area contributed by atoms with Gasteiger partial charge in [0.1, 0.15) is 6.54 Å². The van der Waals surface area contributed by atoms with Crippen molar-refractivity contribution in [2.75, 3.05) is 0 Å². The van der Waals surface area contributed by atoms with E-state index in [-0.39, 0.29) is 6.04 Å². The maximum absolute atomic E-state index is 12.1. The van der Waals surface area contributed by atoms with Crippen LogP contribution >= 0.6 is 0 Å². The number of fused-ring (bicyclic) bond motifs is 1. The second-order valence-electron chi connectivity index (χ2n) is 3.46. The molecule has 0 bridgehead atoms. The highest BCUT2D eigenvalue weighted by Crippen LogP contribution is 2.30. The summed E-state index contributed by atoms with van der Waals surface area (Å²) in [6.07, 6.45) is -1.47. The average molecular weight is 205 g/mol. The molecule has 1 heterocycles. The molecular weight excluding hydrogens is 195 g/mol. The number of aromatic nitrogens is 2. The molecule has 1 atom stereocenters. The molecule has 1 aromatic rings. The van der Waals surface area contributed by atoms with E-state index in [9.17, 15) is 13.2 Å². The molecule has 0 spiro atoms. The van der Waals surface area contributed by atoms with Crippen LogP contribution in [0, 0.1) is 0 Å². The van der Waals surface area contributed by atoms with Gasteiger partial charge in [0.2, 0.25) is 0 Å². The first kappa shape index (κ1) is 9.51. The van der Waals surface area contributed by atoms with Crippen molar-refractivity contribution < 1.29 is 13.2 Å². The lowest BCUT2D eigenvalue weighted by Crippen LogP contribution is -2.20. The van der Waals surface area contributed by atoms with Crippen LogP contribution in [0.5, 0.6) is 0 Å². The molecule has 78 valence electrons. The number of halogens is 3. The summed E-state index contributed by atoms with van der Waals surface area (Å²) in [5.41, 5.74) is 7.08. The van der Waals surface area contributed by atoms with Gasteiger partial charge in [0.05, 0.1) is 6.20 Å². The molecule has 0 saturated heterocycles. The summed E-state index contributed by atoms with van der Waals surface area (Å²) in [4.78, 5) is 0. The number of alkyl halides is 3. The first-order valence-electron chi connectivity index (χ1n) is 4.34. The summed E-state index contributed by atoms with van der Waals surface area (Å²) in [5.74, 6) is 0. The molecule has 6 heteroatoms. The first-order valence-corrected chi connectivity index (χ1v) is 4.34. The van der Waals surface area contributed by atoms with Crippen molar-refractivity contribution in [3.05, 3.63) is 17.5 Å². The van der Waals surface area contributed by atoms with Crippen molar-refractivity contribution in [1.82, 2.24) is 9.78 Å². The molecule has 0 fully saturated rings. The highest BCUT2D eigenvalue weighted by atomic mass is 19.4. The van der Waals surface area contributed by atoms with Crippen LogP contribution in [0.3, 0.4) is 0 Å². The molecule has 0 aliphatic heterocycles. The van der Waals surface area contributed by atoms with Crippen molar-refractivity contribution in [2.45, 2.75) is 31.6 Å². The summed E-state index contributed by atoms with van der Waals surface area (Å²) >= 11 is 0.